The summed E-state index contributed by atoms with van der Waals surface area (Å²) >= 11 is 1.47. The fourth-order valence-corrected chi connectivity index (χ4v) is 2.52. The van der Waals surface area contributed by atoms with Crippen LogP contribution in [0.5, 0.6) is 5.75 Å². The van der Waals surface area contributed by atoms with Crippen molar-refractivity contribution in [2.24, 2.45) is 5.73 Å². The van der Waals surface area contributed by atoms with Gasteiger partial charge in [0.2, 0.25) is 0 Å². The molecule has 0 saturated carbocycles. The summed E-state index contributed by atoms with van der Waals surface area (Å²) in [5, 5.41) is 12.9. The van der Waals surface area contributed by atoms with Crippen molar-refractivity contribution in [2.45, 2.75) is 13.0 Å². The Morgan fingerprint density at radius 1 is 1.41 bits per heavy atom. The Balaban J connectivity index is 0.000000172. The molecule has 116 valence electrons. The van der Waals surface area contributed by atoms with E-state index in [9.17, 15) is 9.59 Å². The molecule has 0 radical (unpaired) electrons. The van der Waals surface area contributed by atoms with E-state index >= 15 is 0 Å². The van der Waals surface area contributed by atoms with E-state index in [0.717, 1.165) is 10.4 Å². The first-order valence-electron chi connectivity index (χ1n) is 6.58. The number of rotatable bonds is 3. The van der Waals surface area contributed by atoms with E-state index in [0.29, 0.717) is 18.0 Å². The van der Waals surface area contributed by atoms with Crippen molar-refractivity contribution in [3.8, 4) is 5.75 Å². The van der Waals surface area contributed by atoms with Crippen LogP contribution in [-0.2, 0) is 22.6 Å². The van der Waals surface area contributed by atoms with Crippen molar-refractivity contribution in [3.63, 3.8) is 0 Å². The highest BCUT2D eigenvalue weighted by atomic mass is 32.1. The van der Waals surface area contributed by atoms with Crippen LogP contribution in [0.25, 0.3) is 0 Å². The summed E-state index contributed by atoms with van der Waals surface area (Å²) in [4.78, 5) is 21.9. The number of anilines is 1. The number of carboxylic acids is 1. The molecule has 6 nitrogen and oxygen atoms in total. The quantitative estimate of drug-likeness (QED) is 0.801. The highest BCUT2D eigenvalue weighted by molar-refractivity contribution is 7.10. The number of carbonyl (C=O) groups is 2. The fourth-order valence-electron chi connectivity index (χ4n) is 1.82. The molecule has 4 N–H and O–H groups in total. The maximum absolute atomic E-state index is 11.0. The van der Waals surface area contributed by atoms with Crippen molar-refractivity contribution in [1.29, 1.82) is 0 Å². The molecule has 1 aromatic carbocycles. The van der Waals surface area contributed by atoms with Gasteiger partial charge in [0.1, 0.15) is 5.75 Å². The van der Waals surface area contributed by atoms with Gasteiger partial charge in [-0.05, 0) is 29.1 Å². The number of thiophene rings is 1. The lowest BCUT2D eigenvalue weighted by Crippen LogP contribution is -2.25. The van der Waals surface area contributed by atoms with Crippen molar-refractivity contribution < 1.29 is 19.4 Å². The summed E-state index contributed by atoms with van der Waals surface area (Å²) in [5.74, 6) is -0.184. The van der Waals surface area contributed by atoms with Gasteiger partial charge in [-0.25, -0.2) is 0 Å². The Morgan fingerprint density at radius 3 is 2.86 bits per heavy atom. The molecule has 3 rings (SSSR count). The van der Waals surface area contributed by atoms with Crippen LogP contribution >= 0.6 is 11.3 Å². The number of aliphatic carboxylic acids is 1. The maximum atomic E-state index is 11.0. The van der Waals surface area contributed by atoms with E-state index in [1.807, 2.05) is 35.7 Å². The lowest BCUT2D eigenvalue weighted by atomic mass is 10.1. The summed E-state index contributed by atoms with van der Waals surface area (Å²) in [6.07, 6.45) is 0.150. The molecule has 0 atom stereocenters. The Hall–Kier alpha value is -2.38. The van der Waals surface area contributed by atoms with Crippen LogP contribution in [0.2, 0.25) is 0 Å². The Labute approximate surface area is 131 Å². The molecule has 22 heavy (non-hydrogen) atoms. The van der Waals surface area contributed by atoms with Crippen LogP contribution in [0.15, 0.2) is 35.7 Å². The number of hydrogen-bond acceptors (Lipinski definition) is 5. The number of nitrogens with one attached hydrogen (secondary N) is 1. The Morgan fingerprint density at radius 2 is 2.23 bits per heavy atom. The summed E-state index contributed by atoms with van der Waals surface area (Å²) in [7, 11) is 0. The van der Waals surface area contributed by atoms with E-state index in [4.69, 9.17) is 15.6 Å². The minimum absolute atomic E-state index is 0.0922. The number of carboxylic acid groups (broad SMARTS) is 1. The molecule has 1 aromatic heterocycles. The largest absolute Gasteiger partial charge is 0.482 e. The van der Waals surface area contributed by atoms with Crippen molar-refractivity contribution >= 4 is 28.9 Å². The van der Waals surface area contributed by atoms with Gasteiger partial charge in [-0.1, -0.05) is 12.1 Å². The zero-order valence-electron chi connectivity index (χ0n) is 11.7. The first-order chi connectivity index (χ1) is 10.6. The fraction of sp³-hybridized carbons (Fsp3) is 0.200. The van der Waals surface area contributed by atoms with Gasteiger partial charge < -0.3 is 20.9 Å². The third-order valence-corrected chi connectivity index (χ3v) is 3.69. The molecular formula is C15H16N2O4S. The molecule has 7 heteroatoms. The van der Waals surface area contributed by atoms with Gasteiger partial charge >= 0.3 is 5.97 Å². The minimum Gasteiger partial charge on any atom is -0.482 e. The second-order valence-corrected chi connectivity index (χ2v) is 5.55. The summed E-state index contributed by atoms with van der Waals surface area (Å²) < 4.78 is 5.18. The molecule has 0 unspecified atom stereocenters. The number of fused-ring (bicyclic) bond motifs is 1. The number of carbonyl (C=O) groups excluding carboxylic acids is 1. The molecule has 1 aliphatic rings. The van der Waals surface area contributed by atoms with Crippen LogP contribution in [0.4, 0.5) is 5.69 Å². The van der Waals surface area contributed by atoms with Crippen molar-refractivity contribution in [3.05, 3.63) is 46.2 Å². The number of nitrogens with two attached hydrogens (primary N) is 1. The average molecular weight is 320 g/mol. The average Bonchev–Trinajstić information content (AvgIpc) is 2.99. The molecule has 0 aliphatic carbocycles. The summed E-state index contributed by atoms with van der Waals surface area (Å²) in [6.45, 7) is 0.554. The van der Waals surface area contributed by atoms with Gasteiger partial charge in [-0.15, -0.1) is 11.3 Å². The summed E-state index contributed by atoms with van der Waals surface area (Å²) in [6, 6.07) is 9.20. The Kier molecular flexibility index (Phi) is 5.51. The van der Waals surface area contributed by atoms with Crippen LogP contribution in [0.1, 0.15) is 10.4 Å². The zero-order chi connectivity index (χ0) is 15.9. The summed E-state index contributed by atoms with van der Waals surface area (Å²) in [5.41, 5.74) is 7.15. The number of hydrogen-bond donors (Lipinski definition) is 3. The molecule has 2 heterocycles. The highest BCUT2D eigenvalue weighted by Gasteiger charge is 2.15. The van der Waals surface area contributed by atoms with Gasteiger partial charge in [0.15, 0.2) is 6.61 Å². The number of ether oxygens (including phenoxy) is 1. The standard InChI is InChI=1S/C9H10N2O2.C6H6O2S/c10-4-6-1-2-8-7(3-6)11-9(12)5-13-8;7-6(8)4-5-2-1-3-9-5/h1-3H,4-5,10H2,(H,11,12);1-3H,4H2,(H,7,8). The van der Waals surface area contributed by atoms with Gasteiger partial charge in [-0.2, -0.15) is 0 Å². The molecule has 0 spiro atoms. The van der Waals surface area contributed by atoms with Crippen molar-refractivity contribution in [2.75, 3.05) is 11.9 Å². The maximum Gasteiger partial charge on any atom is 0.308 e. The molecule has 0 saturated heterocycles. The molecule has 1 amide bonds. The molecule has 1 aliphatic heterocycles. The molecular weight excluding hydrogens is 304 g/mol. The van der Waals surface area contributed by atoms with E-state index in [1.165, 1.54) is 11.3 Å². The second kappa shape index (κ2) is 7.58. The van der Waals surface area contributed by atoms with Crippen molar-refractivity contribution in [1.82, 2.24) is 0 Å². The van der Waals surface area contributed by atoms with E-state index < -0.39 is 5.97 Å². The first-order valence-corrected chi connectivity index (χ1v) is 7.46. The highest BCUT2D eigenvalue weighted by Crippen LogP contribution is 2.28. The smallest absolute Gasteiger partial charge is 0.308 e. The molecule has 0 fully saturated rings. The first kappa shape index (κ1) is 16.0. The van der Waals surface area contributed by atoms with Crippen LogP contribution < -0.4 is 15.8 Å². The Bertz CT molecular complexity index is 656. The van der Waals surface area contributed by atoms with Crippen LogP contribution in [0.3, 0.4) is 0 Å². The predicted molar refractivity (Wildman–Crippen MR) is 84.1 cm³/mol. The normalized spacial score (nSPS) is 12.3. The molecule has 0 bridgehead atoms. The zero-order valence-corrected chi connectivity index (χ0v) is 12.6. The van der Waals surface area contributed by atoms with E-state index in [2.05, 4.69) is 5.32 Å². The van der Waals surface area contributed by atoms with E-state index in [1.54, 1.807) is 0 Å². The molecule has 2 aromatic rings. The van der Waals surface area contributed by atoms with Crippen LogP contribution in [-0.4, -0.2) is 23.6 Å². The van der Waals surface area contributed by atoms with Gasteiger partial charge in [-0.3, -0.25) is 9.59 Å². The lowest BCUT2D eigenvalue weighted by molar-refractivity contribution is -0.136. The van der Waals surface area contributed by atoms with Gasteiger partial charge in [0.05, 0.1) is 12.1 Å². The SMILES string of the molecule is NCc1ccc2c(c1)NC(=O)CO2.O=C(O)Cc1cccs1. The minimum atomic E-state index is -0.766. The van der Waals surface area contributed by atoms with Gasteiger partial charge in [0, 0.05) is 11.4 Å². The third kappa shape index (κ3) is 4.57. The third-order valence-electron chi connectivity index (χ3n) is 2.82. The topological polar surface area (TPSA) is 102 Å². The van der Waals surface area contributed by atoms with Gasteiger partial charge in [0.25, 0.3) is 5.91 Å². The second-order valence-electron chi connectivity index (χ2n) is 4.52. The lowest BCUT2D eigenvalue weighted by Gasteiger charge is -2.18. The monoisotopic (exact) mass is 320 g/mol. The van der Waals surface area contributed by atoms with Crippen LogP contribution in [0, 0.1) is 0 Å². The predicted octanol–water partition coefficient (Wildman–Crippen LogP) is 1.85. The number of amides is 1. The number of benzene rings is 1. The van der Waals surface area contributed by atoms with E-state index in [-0.39, 0.29) is 18.9 Å².